The van der Waals surface area contributed by atoms with E-state index in [-0.39, 0.29) is 5.78 Å². The Balaban J connectivity index is 1.22. The van der Waals surface area contributed by atoms with E-state index in [9.17, 15) is 4.79 Å². The molecule has 9 rings (SSSR count). The highest BCUT2D eigenvalue weighted by Crippen LogP contribution is 2.51. The number of aromatic nitrogens is 2. The molecule has 3 nitrogen and oxygen atoms in total. The molecule has 8 aromatic rings. The first-order valence-corrected chi connectivity index (χ1v) is 17.2. The molecular formula is C48H32N2O. The van der Waals surface area contributed by atoms with Crippen LogP contribution < -0.4 is 0 Å². The maximum Gasteiger partial charge on any atom is 0.193 e. The van der Waals surface area contributed by atoms with Gasteiger partial charge in [0.1, 0.15) is 0 Å². The molecule has 0 N–H and O–H groups in total. The van der Waals surface area contributed by atoms with Gasteiger partial charge >= 0.3 is 0 Å². The molecule has 1 heterocycles. The number of rotatable bonds is 6. The molecule has 0 aliphatic heterocycles. The molecule has 7 aromatic carbocycles. The average molecular weight is 653 g/mol. The van der Waals surface area contributed by atoms with Crippen molar-refractivity contribution in [2.24, 2.45) is 0 Å². The van der Waals surface area contributed by atoms with E-state index >= 15 is 0 Å². The van der Waals surface area contributed by atoms with Crippen molar-refractivity contribution >= 4 is 5.78 Å². The van der Waals surface area contributed by atoms with E-state index in [2.05, 4.69) is 115 Å². The standard InChI is InChI=1S/C48H32N2O/c51-46-40-24-12-14-26-42(40)48(36-20-8-3-9-21-36,43-27-15-13-25-41(43)46)37-30-28-33(29-31-37)38-22-10-11-23-39(38)45-32-44(34-16-4-1-5-17-34)49-47(50-45)35-18-6-2-7-19-35/h1-32H. The first-order chi connectivity index (χ1) is 25.2. The maximum atomic E-state index is 13.9. The molecule has 1 aromatic heterocycles. The quantitative estimate of drug-likeness (QED) is 0.180. The molecule has 0 fully saturated rings. The zero-order chi connectivity index (χ0) is 34.2. The summed E-state index contributed by atoms with van der Waals surface area (Å²) in [7, 11) is 0. The Bertz CT molecular complexity index is 2420. The van der Waals surface area contributed by atoms with Gasteiger partial charge in [0.2, 0.25) is 0 Å². The molecule has 0 bridgehead atoms. The topological polar surface area (TPSA) is 42.9 Å². The number of benzene rings is 7. The van der Waals surface area contributed by atoms with E-state index in [1.807, 2.05) is 78.9 Å². The Hall–Kier alpha value is -6.71. The van der Waals surface area contributed by atoms with E-state index in [1.165, 1.54) is 0 Å². The fourth-order valence-corrected chi connectivity index (χ4v) is 7.70. The lowest BCUT2D eigenvalue weighted by Gasteiger charge is -2.41. The number of hydrogen-bond donors (Lipinski definition) is 0. The van der Waals surface area contributed by atoms with Crippen LogP contribution in [0.5, 0.6) is 0 Å². The van der Waals surface area contributed by atoms with Crippen molar-refractivity contribution < 1.29 is 4.79 Å². The molecule has 0 saturated carbocycles. The number of ketones is 1. The lowest BCUT2D eigenvalue weighted by atomic mass is 9.59. The summed E-state index contributed by atoms with van der Waals surface area (Å²) in [5.41, 5.74) is 11.9. The molecule has 1 aliphatic carbocycles. The minimum Gasteiger partial charge on any atom is -0.289 e. The van der Waals surface area contributed by atoms with Crippen LogP contribution in [0.2, 0.25) is 0 Å². The summed E-state index contributed by atoms with van der Waals surface area (Å²) in [6, 6.07) is 66.5. The van der Waals surface area contributed by atoms with Gasteiger partial charge in [-0.2, -0.15) is 0 Å². The van der Waals surface area contributed by atoms with Gasteiger partial charge in [0.25, 0.3) is 0 Å². The van der Waals surface area contributed by atoms with Gasteiger partial charge in [-0.3, -0.25) is 4.79 Å². The molecule has 0 unspecified atom stereocenters. The van der Waals surface area contributed by atoms with E-state index < -0.39 is 5.41 Å². The SMILES string of the molecule is O=C1c2ccccc2C(c2ccccc2)(c2ccc(-c3ccccc3-c3cc(-c4ccccc4)nc(-c4ccccc4)n3)cc2)c2ccccc21. The van der Waals surface area contributed by atoms with Crippen molar-refractivity contribution in [2.45, 2.75) is 5.41 Å². The molecule has 3 heteroatoms. The third-order valence-corrected chi connectivity index (χ3v) is 10.0. The largest absolute Gasteiger partial charge is 0.289 e. The highest BCUT2D eigenvalue weighted by Gasteiger charge is 2.46. The molecule has 0 amide bonds. The molecule has 0 atom stereocenters. The van der Waals surface area contributed by atoms with Gasteiger partial charge in [0, 0.05) is 27.8 Å². The smallest absolute Gasteiger partial charge is 0.193 e. The molecule has 0 saturated heterocycles. The predicted octanol–water partition coefficient (Wildman–Crippen LogP) is 11.1. The van der Waals surface area contributed by atoms with Gasteiger partial charge in [0.15, 0.2) is 11.6 Å². The monoisotopic (exact) mass is 652 g/mol. The van der Waals surface area contributed by atoms with Crippen molar-refractivity contribution in [3.05, 3.63) is 228 Å². The molecule has 240 valence electrons. The molecule has 51 heavy (non-hydrogen) atoms. The van der Waals surface area contributed by atoms with Gasteiger partial charge in [-0.25, -0.2) is 9.97 Å². The van der Waals surface area contributed by atoms with Crippen molar-refractivity contribution in [1.29, 1.82) is 0 Å². The highest BCUT2D eigenvalue weighted by molar-refractivity contribution is 6.14. The Labute approximate surface area is 297 Å². The second kappa shape index (κ2) is 12.6. The van der Waals surface area contributed by atoms with E-state index in [0.717, 1.165) is 72.6 Å². The normalized spacial score (nSPS) is 12.9. The Morgan fingerprint density at radius 3 is 1.41 bits per heavy atom. The highest BCUT2D eigenvalue weighted by atomic mass is 16.1. The summed E-state index contributed by atoms with van der Waals surface area (Å²) in [6.07, 6.45) is 0. The predicted molar refractivity (Wildman–Crippen MR) is 206 cm³/mol. The summed E-state index contributed by atoms with van der Waals surface area (Å²) in [6.45, 7) is 0. The number of hydrogen-bond acceptors (Lipinski definition) is 3. The summed E-state index contributed by atoms with van der Waals surface area (Å²) in [4.78, 5) is 24.0. The van der Waals surface area contributed by atoms with Crippen LogP contribution in [-0.4, -0.2) is 15.8 Å². The zero-order valence-electron chi connectivity index (χ0n) is 27.8. The van der Waals surface area contributed by atoms with Gasteiger partial charge < -0.3 is 0 Å². The number of fused-ring (bicyclic) bond motifs is 2. The fourth-order valence-electron chi connectivity index (χ4n) is 7.70. The minimum absolute atomic E-state index is 0.0629. The Kier molecular flexibility index (Phi) is 7.52. The third-order valence-electron chi connectivity index (χ3n) is 10.0. The summed E-state index contributed by atoms with van der Waals surface area (Å²) in [5, 5.41) is 0. The van der Waals surface area contributed by atoms with Crippen LogP contribution in [-0.2, 0) is 5.41 Å². The number of nitrogens with zero attached hydrogens (tertiary/aromatic N) is 2. The number of carbonyl (C=O) groups excluding carboxylic acids is 1. The van der Waals surface area contributed by atoms with Crippen LogP contribution in [0.1, 0.15) is 38.2 Å². The summed E-state index contributed by atoms with van der Waals surface area (Å²) in [5.74, 6) is 0.749. The minimum atomic E-state index is -0.678. The van der Waals surface area contributed by atoms with Crippen molar-refractivity contribution in [1.82, 2.24) is 9.97 Å². The van der Waals surface area contributed by atoms with Crippen LogP contribution in [0, 0.1) is 0 Å². The Morgan fingerprint density at radius 2 is 0.804 bits per heavy atom. The van der Waals surface area contributed by atoms with Crippen LogP contribution in [0.15, 0.2) is 194 Å². The van der Waals surface area contributed by atoms with E-state index in [0.29, 0.717) is 5.82 Å². The van der Waals surface area contributed by atoms with Gasteiger partial charge in [-0.15, -0.1) is 0 Å². The lowest BCUT2D eigenvalue weighted by molar-refractivity contribution is 0.103. The first kappa shape index (κ1) is 30.4. The molecule has 1 aliphatic rings. The second-order valence-corrected chi connectivity index (χ2v) is 12.9. The van der Waals surface area contributed by atoms with Crippen LogP contribution in [0.25, 0.3) is 45.0 Å². The van der Waals surface area contributed by atoms with Crippen LogP contribution in [0.4, 0.5) is 0 Å². The van der Waals surface area contributed by atoms with E-state index in [4.69, 9.17) is 9.97 Å². The summed E-state index contributed by atoms with van der Waals surface area (Å²) < 4.78 is 0. The lowest BCUT2D eigenvalue weighted by Crippen LogP contribution is -2.38. The van der Waals surface area contributed by atoms with Crippen molar-refractivity contribution in [2.75, 3.05) is 0 Å². The fraction of sp³-hybridized carbons (Fsp3) is 0.0208. The van der Waals surface area contributed by atoms with Crippen LogP contribution >= 0.6 is 0 Å². The van der Waals surface area contributed by atoms with Crippen molar-refractivity contribution in [3.8, 4) is 45.0 Å². The van der Waals surface area contributed by atoms with Gasteiger partial charge in [-0.1, -0.05) is 188 Å². The summed E-state index contributed by atoms with van der Waals surface area (Å²) >= 11 is 0. The van der Waals surface area contributed by atoms with Gasteiger partial charge in [-0.05, 0) is 39.4 Å². The first-order valence-electron chi connectivity index (χ1n) is 17.2. The zero-order valence-corrected chi connectivity index (χ0v) is 27.8. The number of carbonyl (C=O) groups is 1. The Morgan fingerprint density at radius 1 is 0.353 bits per heavy atom. The van der Waals surface area contributed by atoms with Crippen molar-refractivity contribution in [3.63, 3.8) is 0 Å². The van der Waals surface area contributed by atoms with Crippen LogP contribution in [0.3, 0.4) is 0 Å². The second-order valence-electron chi connectivity index (χ2n) is 12.9. The molecular weight excluding hydrogens is 621 g/mol. The molecule has 0 radical (unpaired) electrons. The third kappa shape index (κ3) is 5.10. The van der Waals surface area contributed by atoms with E-state index in [1.54, 1.807) is 0 Å². The molecule has 0 spiro atoms. The maximum absolute atomic E-state index is 13.9. The van der Waals surface area contributed by atoms with Gasteiger partial charge in [0.05, 0.1) is 16.8 Å². The average Bonchev–Trinajstić information content (AvgIpc) is 3.22.